The van der Waals surface area contributed by atoms with E-state index >= 15 is 0 Å². The number of halogens is 2. The van der Waals surface area contributed by atoms with Crippen LogP contribution in [0.4, 0.5) is 0 Å². The Morgan fingerprint density at radius 2 is 1.55 bits per heavy atom. The van der Waals surface area contributed by atoms with E-state index in [-0.39, 0.29) is 46.5 Å². The van der Waals surface area contributed by atoms with Crippen LogP contribution in [-0.4, -0.2) is 3.21 Å². The summed E-state index contributed by atoms with van der Waals surface area (Å²) in [5, 5.41) is 0. The fraction of sp³-hybridized carbons (Fsp3) is 0.561. The Labute approximate surface area is 298 Å². The summed E-state index contributed by atoms with van der Waals surface area (Å²) in [5.74, 6) is 2.24. The van der Waals surface area contributed by atoms with E-state index in [1.165, 1.54) is 32.7 Å². The Morgan fingerprint density at radius 1 is 0.955 bits per heavy atom. The van der Waals surface area contributed by atoms with Gasteiger partial charge in [-0.1, -0.05) is 140 Å². The van der Waals surface area contributed by atoms with Gasteiger partial charge in [-0.05, 0) is 40.6 Å². The molecule has 5 aliphatic carbocycles. The topological polar surface area (TPSA) is 0 Å². The molecule has 2 atom stereocenters. The van der Waals surface area contributed by atoms with Gasteiger partial charge in [-0.2, -0.15) is 22.8 Å². The molecule has 3 heteroatoms. The Kier molecular flexibility index (Phi) is 12.2. The summed E-state index contributed by atoms with van der Waals surface area (Å²) < 4.78 is 1.51. The molecule has 1 saturated carbocycles. The van der Waals surface area contributed by atoms with Gasteiger partial charge in [0, 0.05) is 0 Å². The van der Waals surface area contributed by atoms with Gasteiger partial charge in [-0.15, -0.1) is 13.3 Å². The largest absolute Gasteiger partial charge is 1.00 e. The normalized spacial score (nSPS) is 26.3. The Balaban J connectivity index is 0.000000380. The van der Waals surface area contributed by atoms with Crippen LogP contribution in [0.2, 0.25) is 0 Å². The van der Waals surface area contributed by atoms with Crippen LogP contribution < -0.4 is 24.8 Å². The molecule has 2 unspecified atom stereocenters. The van der Waals surface area contributed by atoms with Gasteiger partial charge in [-0.3, -0.25) is 6.08 Å². The first-order valence-electron chi connectivity index (χ1n) is 16.2. The SMILES string of the molecule is CC(C)(C)C1=CC[C-]=C1.C[C-]1C2=C3Cc4ccccc4C3=C3C=CCCC3C2(C)C(C)(C)C(C)(C)C1(C)C.C[C](C)=[Zr+2].[Cl-].[Cl-]. The Hall–Kier alpha value is -0.877. The molecule has 0 radical (unpaired) electrons. The molecule has 0 N–H and O–H groups in total. The average Bonchev–Trinajstić information content (AvgIpc) is 3.56. The van der Waals surface area contributed by atoms with Crippen LogP contribution in [-0.2, 0) is 30.7 Å². The van der Waals surface area contributed by atoms with Crippen molar-refractivity contribution >= 4 is 8.78 Å². The van der Waals surface area contributed by atoms with E-state index in [1.807, 2.05) is 0 Å². The third kappa shape index (κ3) is 6.23. The zero-order chi connectivity index (χ0) is 31.5. The van der Waals surface area contributed by atoms with Crippen molar-refractivity contribution in [3.05, 3.63) is 94.0 Å². The quantitative estimate of drug-likeness (QED) is 0.315. The van der Waals surface area contributed by atoms with Crippen molar-refractivity contribution in [3.8, 4) is 0 Å². The predicted molar refractivity (Wildman–Crippen MR) is 181 cm³/mol. The van der Waals surface area contributed by atoms with Crippen LogP contribution in [0.15, 0.2) is 70.9 Å². The predicted octanol–water partition coefficient (Wildman–Crippen LogP) is 5.44. The van der Waals surface area contributed by atoms with Gasteiger partial charge in [0.2, 0.25) is 0 Å². The van der Waals surface area contributed by atoms with Crippen molar-refractivity contribution in [2.75, 3.05) is 0 Å². The molecule has 0 heterocycles. The smallest absolute Gasteiger partial charge is 1.00 e. The second kappa shape index (κ2) is 13.7. The van der Waals surface area contributed by atoms with Crippen LogP contribution >= 0.6 is 0 Å². The van der Waals surface area contributed by atoms with Gasteiger partial charge in [0.15, 0.2) is 0 Å². The third-order valence-corrected chi connectivity index (χ3v) is 12.4. The van der Waals surface area contributed by atoms with Gasteiger partial charge in [0.05, 0.1) is 0 Å². The number of hydrogen-bond donors (Lipinski definition) is 0. The minimum absolute atomic E-state index is 0. The van der Waals surface area contributed by atoms with Gasteiger partial charge in [0.1, 0.15) is 0 Å². The second-order valence-electron chi connectivity index (χ2n) is 16.2. The summed E-state index contributed by atoms with van der Waals surface area (Å²) in [5.41, 5.74) is 12.0. The van der Waals surface area contributed by atoms with Gasteiger partial charge < -0.3 is 24.8 Å². The fourth-order valence-electron chi connectivity index (χ4n) is 8.49. The summed E-state index contributed by atoms with van der Waals surface area (Å²) in [6.45, 7) is 31.2. The number of hydrogen-bond acceptors (Lipinski definition) is 0. The number of fused-ring (bicyclic) bond motifs is 6. The number of rotatable bonds is 0. The average molecular weight is 711 g/mol. The van der Waals surface area contributed by atoms with Crippen LogP contribution in [0.1, 0.15) is 120 Å². The van der Waals surface area contributed by atoms with Crippen molar-refractivity contribution in [1.29, 1.82) is 0 Å². The molecular formula is C41H56Cl2Zr-2. The van der Waals surface area contributed by atoms with E-state index in [1.54, 1.807) is 52.4 Å². The molecule has 0 bridgehead atoms. The van der Waals surface area contributed by atoms with E-state index in [0.29, 0.717) is 11.3 Å². The molecule has 0 aliphatic heterocycles. The van der Waals surface area contributed by atoms with Crippen molar-refractivity contribution in [1.82, 2.24) is 0 Å². The molecular weight excluding hydrogens is 655 g/mol. The molecule has 0 saturated heterocycles. The standard InChI is InChI=1S/C29H37.C9H13.C3H6.2ClH.Zr/c1-18-25-22-17-19-13-9-10-14-20(19)24(22)21-15-11-12-16-23(21)29(25,8)28(6,7)27(4,5)26(18,2)3;1-9(2,3)8-6-4-5-7-8;1-3-2;;;/h9-11,13-15,23H,12,16-17H2,1-8H3;6-7H,4H2,1-3H3;1-2H3;2*1H;/q2*-1;;;;+2/p-2. The number of allylic oxidation sites excluding steroid dienone is 10. The van der Waals surface area contributed by atoms with E-state index in [0.717, 1.165) is 12.8 Å². The summed E-state index contributed by atoms with van der Waals surface area (Å²) in [7, 11) is 0. The maximum atomic E-state index is 3.16. The van der Waals surface area contributed by atoms with Crippen molar-refractivity contribution < 1.29 is 49.0 Å². The zero-order valence-corrected chi connectivity index (χ0v) is 33.8. The monoisotopic (exact) mass is 708 g/mol. The van der Waals surface area contributed by atoms with Gasteiger partial charge >= 0.3 is 41.3 Å². The molecule has 0 spiro atoms. The molecule has 0 nitrogen and oxygen atoms in total. The molecule has 6 rings (SSSR count). The molecule has 1 fully saturated rings. The van der Waals surface area contributed by atoms with E-state index in [9.17, 15) is 0 Å². The first-order valence-corrected chi connectivity index (χ1v) is 17.4. The minimum atomic E-state index is 0. The fourth-order valence-corrected chi connectivity index (χ4v) is 8.49. The summed E-state index contributed by atoms with van der Waals surface area (Å²) >= 11 is 1.55. The molecule has 1 aromatic rings. The van der Waals surface area contributed by atoms with Crippen LogP contribution in [0.5, 0.6) is 0 Å². The van der Waals surface area contributed by atoms with Crippen LogP contribution in [0.25, 0.3) is 5.57 Å². The first-order chi connectivity index (χ1) is 19.3. The van der Waals surface area contributed by atoms with E-state index in [2.05, 4.69) is 145 Å². The van der Waals surface area contributed by atoms with Crippen molar-refractivity contribution in [2.24, 2.45) is 33.0 Å². The number of benzene rings is 1. The van der Waals surface area contributed by atoms with E-state index < -0.39 is 0 Å². The molecule has 0 amide bonds. The summed E-state index contributed by atoms with van der Waals surface area (Å²) in [6, 6.07) is 9.16. The molecule has 1 aromatic carbocycles. The van der Waals surface area contributed by atoms with Crippen molar-refractivity contribution in [2.45, 2.75) is 116 Å². The van der Waals surface area contributed by atoms with Gasteiger partial charge in [0.25, 0.3) is 0 Å². The molecule has 5 aliphatic rings. The van der Waals surface area contributed by atoms with Crippen molar-refractivity contribution in [3.63, 3.8) is 0 Å². The second-order valence-corrected chi connectivity index (χ2v) is 18.7. The van der Waals surface area contributed by atoms with E-state index in [4.69, 9.17) is 0 Å². The third-order valence-electron chi connectivity index (χ3n) is 12.4. The minimum Gasteiger partial charge on any atom is -1.00 e. The molecule has 240 valence electrons. The van der Waals surface area contributed by atoms with Crippen LogP contribution in [0, 0.1) is 45.0 Å². The maximum Gasteiger partial charge on any atom is -1.00 e. The Bertz CT molecular complexity index is 1400. The molecule has 44 heavy (non-hydrogen) atoms. The first kappa shape index (κ1) is 39.3. The molecule has 0 aromatic heterocycles. The Morgan fingerprint density at radius 3 is 2.07 bits per heavy atom. The maximum absolute atomic E-state index is 3.16. The zero-order valence-electron chi connectivity index (χ0n) is 29.8. The summed E-state index contributed by atoms with van der Waals surface area (Å²) in [6.07, 6.45) is 17.0. The van der Waals surface area contributed by atoms with Gasteiger partial charge in [-0.25, -0.2) is 12.0 Å². The summed E-state index contributed by atoms with van der Waals surface area (Å²) in [4.78, 5) is 0. The van der Waals surface area contributed by atoms with Crippen LogP contribution in [0.3, 0.4) is 0 Å².